The predicted octanol–water partition coefficient (Wildman–Crippen LogP) is 2.88. The maximum Gasteiger partial charge on any atom is 0.250 e. The Morgan fingerprint density at radius 1 is 1.30 bits per heavy atom. The summed E-state index contributed by atoms with van der Waals surface area (Å²) in [6, 6.07) is 1.76. The summed E-state index contributed by atoms with van der Waals surface area (Å²) < 4.78 is 28.1. The second kappa shape index (κ2) is 7.54. The lowest BCUT2D eigenvalue weighted by Crippen LogP contribution is -2.37. The van der Waals surface area contributed by atoms with E-state index in [1.807, 2.05) is 34.6 Å². The summed E-state index contributed by atoms with van der Waals surface area (Å²) in [6.07, 6.45) is 0.797. The van der Waals surface area contributed by atoms with E-state index in [2.05, 4.69) is 10.0 Å². The van der Waals surface area contributed by atoms with E-state index in [-0.39, 0.29) is 12.0 Å². The number of aryl methyl sites for hydroxylation is 1. The van der Waals surface area contributed by atoms with E-state index >= 15 is 0 Å². The van der Waals surface area contributed by atoms with Crippen molar-refractivity contribution < 1.29 is 8.42 Å². The van der Waals surface area contributed by atoms with Gasteiger partial charge in [-0.25, -0.2) is 13.1 Å². The minimum absolute atomic E-state index is 0.0142. The number of hydrogen-bond donors (Lipinski definition) is 2. The molecular formula is C14H26N2O2S2. The molecule has 4 nitrogen and oxygen atoms in total. The molecule has 116 valence electrons. The zero-order chi connectivity index (χ0) is 15.3. The van der Waals surface area contributed by atoms with Gasteiger partial charge in [0, 0.05) is 17.5 Å². The van der Waals surface area contributed by atoms with E-state index in [1.54, 1.807) is 6.07 Å². The summed E-state index contributed by atoms with van der Waals surface area (Å²) in [5, 5.41) is 3.24. The molecule has 0 amide bonds. The van der Waals surface area contributed by atoms with Crippen LogP contribution in [0, 0.1) is 12.8 Å². The van der Waals surface area contributed by atoms with Crippen molar-refractivity contribution in [2.75, 3.05) is 6.54 Å². The van der Waals surface area contributed by atoms with Crippen LogP contribution in [-0.2, 0) is 16.6 Å². The molecule has 0 aliphatic rings. The van der Waals surface area contributed by atoms with Crippen molar-refractivity contribution in [1.82, 2.24) is 10.0 Å². The van der Waals surface area contributed by atoms with Gasteiger partial charge < -0.3 is 5.32 Å². The predicted molar refractivity (Wildman–Crippen MR) is 85.7 cm³/mol. The Bertz CT molecular complexity index is 521. The number of nitrogens with one attached hydrogen (secondary N) is 2. The van der Waals surface area contributed by atoms with Gasteiger partial charge in [0.25, 0.3) is 0 Å². The average Bonchev–Trinajstić information content (AvgIpc) is 2.75. The molecule has 1 heterocycles. The Morgan fingerprint density at radius 2 is 1.95 bits per heavy atom. The second-order valence-electron chi connectivity index (χ2n) is 5.33. The van der Waals surface area contributed by atoms with Crippen molar-refractivity contribution >= 4 is 21.4 Å². The molecule has 1 rings (SSSR count). The molecule has 0 spiro atoms. The van der Waals surface area contributed by atoms with Crippen molar-refractivity contribution in [2.24, 2.45) is 5.92 Å². The largest absolute Gasteiger partial charge is 0.312 e. The van der Waals surface area contributed by atoms with E-state index in [4.69, 9.17) is 0 Å². The maximum atomic E-state index is 12.4. The zero-order valence-electron chi connectivity index (χ0n) is 13.0. The maximum absolute atomic E-state index is 12.4. The fourth-order valence-corrected chi connectivity index (χ4v) is 5.03. The lowest BCUT2D eigenvalue weighted by Gasteiger charge is -2.19. The van der Waals surface area contributed by atoms with Gasteiger partial charge >= 0.3 is 0 Å². The van der Waals surface area contributed by atoms with E-state index in [1.165, 1.54) is 11.3 Å². The number of thiophene rings is 1. The number of hydrogen-bond acceptors (Lipinski definition) is 4. The van der Waals surface area contributed by atoms with Crippen LogP contribution in [0.2, 0.25) is 0 Å². The molecule has 1 unspecified atom stereocenters. The van der Waals surface area contributed by atoms with Crippen LogP contribution in [-0.4, -0.2) is 21.0 Å². The molecule has 1 aromatic heterocycles. The summed E-state index contributed by atoms with van der Waals surface area (Å²) >= 11 is 1.36. The summed E-state index contributed by atoms with van der Waals surface area (Å²) in [7, 11) is -3.40. The van der Waals surface area contributed by atoms with Crippen LogP contribution in [0.25, 0.3) is 0 Å². The molecule has 0 aliphatic carbocycles. The summed E-state index contributed by atoms with van der Waals surface area (Å²) in [4.78, 5) is 1.09. The summed E-state index contributed by atoms with van der Waals surface area (Å²) in [5.41, 5.74) is 1.04. The molecule has 0 saturated heterocycles. The Labute approximate surface area is 127 Å². The van der Waals surface area contributed by atoms with Gasteiger partial charge in [-0.2, -0.15) is 0 Å². The average molecular weight is 319 g/mol. The monoisotopic (exact) mass is 318 g/mol. The smallest absolute Gasteiger partial charge is 0.250 e. The first kappa shape index (κ1) is 17.6. The third kappa shape index (κ3) is 4.55. The molecule has 1 atom stereocenters. The molecule has 0 aromatic carbocycles. The first-order valence-electron chi connectivity index (χ1n) is 7.14. The van der Waals surface area contributed by atoms with Gasteiger partial charge in [0.1, 0.15) is 4.21 Å². The van der Waals surface area contributed by atoms with Crippen molar-refractivity contribution in [3.05, 3.63) is 16.5 Å². The highest BCUT2D eigenvalue weighted by molar-refractivity contribution is 7.91. The molecule has 0 fully saturated rings. The Balaban J connectivity index is 2.92. The van der Waals surface area contributed by atoms with E-state index in [0.717, 1.165) is 30.0 Å². The topological polar surface area (TPSA) is 58.2 Å². The van der Waals surface area contributed by atoms with E-state index in [0.29, 0.717) is 4.21 Å². The minimum Gasteiger partial charge on any atom is -0.312 e. The molecule has 0 radical (unpaired) electrons. The standard InChI is InChI=1S/C14H26N2O2S2/c1-6-12(10(3)4)16-20(17,18)14-8-11(5)13(19-14)9-15-7-2/h8,10,12,15-16H,6-7,9H2,1-5H3. The molecule has 1 aromatic rings. The Morgan fingerprint density at radius 3 is 2.45 bits per heavy atom. The van der Waals surface area contributed by atoms with Gasteiger partial charge in [0.2, 0.25) is 10.0 Å². The molecule has 0 bridgehead atoms. The lowest BCUT2D eigenvalue weighted by atomic mass is 10.0. The van der Waals surface area contributed by atoms with Crippen LogP contribution in [0.5, 0.6) is 0 Å². The van der Waals surface area contributed by atoms with Crippen LogP contribution in [0.4, 0.5) is 0 Å². The molecule has 20 heavy (non-hydrogen) atoms. The highest BCUT2D eigenvalue weighted by atomic mass is 32.2. The van der Waals surface area contributed by atoms with Gasteiger partial charge in [0.05, 0.1) is 0 Å². The number of sulfonamides is 1. The minimum atomic E-state index is -3.40. The normalized spacial score (nSPS) is 13.9. The van der Waals surface area contributed by atoms with Gasteiger partial charge in [-0.3, -0.25) is 0 Å². The van der Waals surface area contributed by atoms with Crippen LogP contribution in [0.15, 0.2) is 10.3 Å². The third-order valence-electron chi connectivity index (χ3n) is 3.35. The van der Waals surface area contributed by atoms with Crippen molar-refractivity contribution in [3.8, 4) is 0 Å². The molecule has 0 saturated carbocycles. The molecule has 2 N–H and O–H groups in total. The molecule has 0 aliphatic heterocycles. The van der Waals surface area contributed by atoms with Crippen LogP contribution in [0.1, 0.15) is 44.6 Å². The highest BCUT2D eigenvalue weighted by Gasteiger charge is 2.23. The first-order valence-corrected chi connectivity index (χ1v) is 9.44. The SMILES string of the molecule is CCNCc1sc(S(=O)(=O)NC(CC)C(C)C)cc1C. The third-order valence-corrected chi connectivity index (χ3v) is 6.55. The van der Waals surface area contributed by atoms with Crippen molar-refractivity contribution in [3.63, 3.8) is 0 Å². The highest BCUT2D eigenvalue weighted by Crippen LogP contribution is 2.26. The van der Waals surface area contributed by atoms with Gasteiger partial charge in [-0.15, -0.1) is 11.3 Å². The fourth-order valence-electron chi connectivity index (χ4n) is 1.98. The van der Waals surface area contributed by atoms with Gasteiger partial charge in [-0.05, 0) is 37.4 Å². The van der Waals surface area contributed by atoms with Crippen molar-refractivity contribution in [1.29, 1.82) is 0 Å². The Kier molecular flexibility index (Phi) is 6.64. The fraction of sp³-hybridized carbons (Fsp3) is 0.714. The second-order valence-corrected chi connectivity index (χ2v) is 8.41. The van der Waals surface area contributed by atoms with Gasteiger partial charge in [0.15, 0.2) is 0 Å². The van der Waals surface area contributed by atoms with E-state index < -0.39 is 10.0 Å². The quantitative estimate of drug-likeness (QED) is 0.775. The first-order chi connectivity index (χ1) is 9.31. The summed E-state index contributed by atoms with van der Waals surface area (Å²) in [6.45, 7) is 11.7. The Hall–Kier alpha value is -0.430. The van der Waals surface area contributed by atoms with Crippen molar-refractivity contribution in [2.45, 2.75) is 57.8 Å². The zero-order valence-corrected chi connectivity index (χ0v) is 14.6. The molecular weight excluding hydrogens is 292 g/mol. The van der Waals surface area contributed by atoms with E-state index in [9.17, 15) is 8.42 Å². The van der Waals surface area contributed by atoms with Crippen LogP contribution >= 0.6 is 11.3 Å². The van der Waals surface area contributed by atoms with Crippen LogP contribution in [0.3, 0.4) is 0 Å². The molecule has 6 heteroatoms. The summed E-state index contributed by atoms with van der Waals surface area (Å²) in [5.74, 6) is 0.289. The number of rotatable bonds is 8. The van der Waals surface area contributed by atoms with Gasteiger partial charge in [-0.1, -0.05) is 27.7 Å². The van der Waals surface area contributed by atoms with Crippen LogP contribution < -0.4 is 10.0 Å². The lowest BCUT2D eigenvalue weighted by molar-refractivity contribution is 0.438.